The Morgan fingerprint density at radius 2 is 0.889 bits per heavy atom. The molecule has 2 nitrogen and oxygen atoms in total. The van der Waals surface area contributed by atoms with Crippen molar-refractivity contribution in [1.82, 2.24) is 0 Å². The van der Waals surface area contributed by atoms with Crippen molar-refractivity contribution in [3.63, 3.8) is 0 Å². The number of halogens is 2. The third-order valence-electron chi connectivity index (χ3n) is 7.79. The molecule has 0 N–H and O–H groups in total. The van der Waals surface area contributed by atoms with Crippen LogP contribution in [0.5, 0.6) is 0 Å². The van der Waals surface area contributed by atoms with Crippen LogP contribution in [0.4, 0.5) is 0 Å². The maximum absolute atomic E-state index is 5.42. The summed E-state index contributed by atoms with van der Waals surface area (Å²) >= 11 is -0.556. The van der Waals surface area contributed by atoms with E-state index in [0.29, 0.717) is 24.2 Å². The molecule has 0 aliphatic heterocycles. The fraction of sp³-hybridized carbons (Fsp3) is 1.00. The van der Waals surface area contributed by atoms with Gasteiger partial charge in [-0.1, -0.05) is 104 Å². The second-order valence-electron chi connectivity index (χ2n) is 9.46. The van der Waals surface area contributed by atoms with Crippen LogP contribution in [0.2, 0.25) is 0 Å². The molecule has 3 aliphatic rings. The summed E-state index contributed by atoms with van der Waals surface area (Å²) in [4.78, 5) is 0. The van der Waals surface area contributed by atoms with E-state index >= 15 is 0 Å². The normalized spacial score (nSPS) is 42.7. The summed E-state index contributed by atoms with van der Waals surface area (Å²) < 4.78 is 0. The van der Waals surface area contributed by atoms with E-state index in [1.165, 1.54) is 64.2 Å². The Hall–Kier alpha value is 1.21. The van der Waals surface area contributed by atoms with Crippen molar-refractivity contribution < 1.29 is 17.0 Å². The predicted molar refractivity (Wildman–Crippen MR) is 116 cm³/mol. The third kappa shape index (κ3) is 7.44. The number of hydrogen-bond acceptors (Lipinski definition) is 0. The SMILES string of the molecule is CC1CCCC([N-]C2CCCCC2[N-]C2CCCC(C)C2C)C1C.[Cl][Ti][Cl]. The van der Waals surface area contributed by atoms with Gasteiger partial charge in [-0.25, -0.2) is 0 Å². The first kappa shape index (κ1) is 24.5. The van der Waals surface area contributed by atoms with Crippen LogP contribution in [0.15, 0.2) is 0 Å². The van der Waals surface area contributed by atoms with Gasteiger partial charge in [-0.05, 0) is 11.8 Å². The van der Waals surface area contributed by atoms with Crippen LogP contribution < -0.4 is 0 Å². The maximum atomic E-state index is 5.42. The Bertz CT molecular complexity index is 376. The minimum atomic E-state index is -0.556. The molecule has 8 atom stereocenters. The van der Waals surface area contributed by atoms with Gasteiger partial charge < -0.3 is 10.6 Å². The van der Waals surface area contributed by atoms with Crippen LogP contribution >= 0.6 is 18.6 Å². The molecule has 3 saturated carbocycles. The Labute approximate surface area is 185 Å². The molecule has 0 amide bonds. The molecular formula is C22H40Cl2N2Ti-2. The van der Waals surface area contributed by atoms with Gasteiger partial charge in [0.25, 0.3) is 0 Å². The zero-order chi connectivity index (χ0) is 19.8. The topological polar surface area (TPSA) is 28.2 Å². The average Bonchev–Trinajstić information content (AvgIpc) is 2.65. The van der Waals surface area contributed by atoms with Gasteiger partial charge in [0.05, 0.1) is 0 Å². The molecule has 3 aliphatic carbocycles. The van der Waals surface area contributed by atoms with E-state index in [9.17, 15) is 0 Å². The summed E-state index contributed by atoms with van der Waals surface area (Å²) in [6.07, 6.45) is 13.5. The van der Waals surface area contributed by atoms with Gasteiger partial charge in [-0.3, -0.25) is 0 Å². The average molecular weight is 451 g/mol. The van der Waals surface area contributed by atoms with Gasteiger partial charge in [0.2, 0.25) is 0 Å². The number of rotatable bonds is 4. The quantitative estimate of drug-likeness (QED) is 0.387. The first-order valence-electron chi connectivity index (χ1n) is 11.3. The van der Waals surface area contributed by atoms with E-state index in [0.717, 1.165) is 23.7 Å². The number of nitrogens with zero attached hydrogens (tertiary/aromatic N) is 2. The molecule has 0 spiro atoms. The zero-order valence-corrected chi connectivity index (χ0v) is 20.9. The van der Waals surface area contributed by atoms with Crippen LogP contribution in [-0.2, 0) is 17.0 Å². The van der Waals surface area contributed by atoms with E-state index < -0.39 is 17.0 Å². The summed E-state index contributed by atoms with van der Waals surface area (Å²) in [6.45, 7) is 9.75. The van der Waals surface area contributed by atoms with Crippen molar-refractivity contribution in [3.05, 3.63) is 10.6 Å². The van der Waals surface area contributed by atoms with Gasteiger partial charge in [-0.15, -0.1) is 12.1 Å². The van der Waals surface area contributed by atoms with E-state index in [1.807, 2.05) is 0 Å². The monoisotopic (exact) mass is 450 g/mol. The van der Waals surface area contributed by atoms with Crippen molar-refractivity contribution in [1.29, 1.82) is 0 Å². The predicted octanol–water partition coefficient (Wildman–Crippen LogP) is 8.07. The van der Waals surface area contributed by atoms with Crippen LogP contribution in [0.3, 0.4) is 0 Å². The second kappa shape index (κ2) is 12.8. The number of hydrogen-bond donors (Lipinski definition) is 0. The molecule has 3 rings (SSSR count). The summed E-state index contributed by atoms with van der Waals surface area (Å²) in [5.41, 5.74) is 0. The summed E-state index contributed by atoms with van der Waals surface area (Å²) in [6, 6.07) is 2.27. The van der Waals surface area contributed by atoms with Gasteiger partial charge in [0.15, 0.2) is 0 Å². The van der Waals surface area contributed by atoms with Crippen molar-refractivity contribution in [3.8, 4) is 0 Å². The minimum absolute atomic E-state index is 0.529. The van der Waals surface area contributed by atoms with Crippen molar-refractivity contribution in [2.45, 2.75) is 116 Å². The molecule has 27 heavy (non-hydrogen) atoms. The Morgan fingerprint density at radius 1 is 0.556 bits per heavy atom. The molecule has 0 aromatic carbocycles. The molecule has 0 heterocycles. The van der Waals surface area contributed by atoms with E-state index in [1.54, 1.807) is 0 Å². The van der Waals surface area contributed by atoms with Crippen LogP contribution in [-0.4, -0.2) is 24.2 Å². The molecule has 8 unspecified atom stereocenters. The molecule has 0 aromatic heterocycles. The van der Waals surface area contributed by atoms with E-state index in [-0.39, 0.29) is 0 Å². The van der Waals surface area contributed by atoms with Crippen LogP contribution in [0.1, 0.15) is 91.9 Å². The van der Waals surface area contributed by atoms with Crippen molar-refractivity contribution in [2.24, 2.45) is 23.7 Å². The zero-order valence-electron chi connectivity index (χ0n) is 17.8. The molecule has 0 saturated heterocycles. The van der Waals surface area contributed by atoms with Gasteiger partial charge >= 0.3 is 35.6 Å². The summed E-state index contributed by atoms with van der Waals surface area (Å²) in [7, 11) is 9.78. The fourth-order valence-corrected chi connectivity index (χ4v) is 5.46. The molecular weight excluding hydrogens is 411 g/mol. The van der Waals surface area contributed by atoms with Gasteiger partial charge in [0.1, 0.15) is 0 Å². The van der Waals surface area contributed by atoms with Gasteiger partial charge in [-0.2, -0.15) is 12.1 Å². The van der Waals surface area contributed by atoms with Crippen LogP contribution in [0.25, 0.3) is 10.6 Å². The van der Waals surface area contributed by atoms with E-state index in [4.69, 9.17) is 29.2 Å². The van der Waals surface area contributed by atoms with Crippen LogP contribution in [0, 0.1) is 23.7 Å². The molecule has 158 valence electrons. The first-order chi connectivity index (χ1) is 13.0. The third-order valence-corrected chi connectivity index (χ3v) is 7.79. The van der Waals surface area contributed by atoms with Crippen molar-refractivity contribution >= 4 is 18.6 Å². The molecule has 0 radical (unpaired) electrons. The first-order valence-corrected chi connectivity index (χ1v) is 15.6. The Morgan fingerprint density at radius 3 is 1.26 bits per heavy atom. The molecule has 5 heteroatoms. The Balaban J connectivity index is 0.000000817. The summed E-state index contributed by atoms with van der Waals surface area (Å²) in [5, 5.41) is 10.8. The summed E-state index contributed by atoms with van der Waals surface area (Å²) in [5.74, 6) is 3.25. The second-order valence-corrected chi connectivity index (χ2v) is 12.0. The Kier molecular flexibility index (Phi) is 11.6. The molecule has 0 bridgehead atoms. The molecule has 0 aromatic rings. The van der Waals surface area contributed by atoms with E-state index in [2.05, 4.69) is 27.7 Å². The standard InChI is InChI=1S/C22H40N2.2ClH.Ti/c1-15-9-7-13-19(17(15)3)23-21-11-5-6-12-22(21)24-20-14-8-10-16(2)18(20)4;;;/h15-22H,5-14H2,1-4H3;2*1H;/q-2;;;+2/p-2. The van der Waals surface area contributed by atoms with Gasteiger partial charge in [0, 0.05) is 0 Å². The van der Waals surface area contributed by atoms with Crippen molar-refractivity contribution in [2.75, 3.05) is 0 Å². The fourth-order valence-electron chi connectivity index (χ4n) is 5.46. The molecule has 3 fully saturated rings.